The highest BCUT2D eigenvalue weighted by molar-refractivity contribution is 6.44. The second kappa shape index (κ2) is 8.44. The van der Waals surface area contributed by atoms with Crippen molar-refractivity contribution in [2.45, 2.75) is 0 Å². The molecule has 9 aromatic carbocycles. The predicted octanol–water partition coefficient (Wildman–Crippen LogP) is 11.6. The molecule has 0 amide bonds. The van der Waals surface area contributed by atoms with E-state index in [-0.39, 0.29) is 0 Å². The summed E-state index contributed by atoms with van der Waals surface area (Å²) in [4.78, 5) is 0. The van der Waals surface area contributed by atoms with Crippen LogP contribution in [0.15, 0.2) is 152 Å². The van der Waals surface area contributed by atoms with Gasteiger partial charge in [0.2, 0.25) is 0 Å². The molecule has 0 saturated carbocycles. The van der Waals surface area contributed by atoms with Gasteiger partial charge in [0.25, 0.3) is 0 Å². The van der Waals surface area contributed by atoms with Crippen LogP contribution in [0, 0.1) is 0 Å². The highest BCUT2D eigenvalue weighted by Crippen LogP contribution is 2.49. The second-order valence-electron chi connectivity index (χ2n) is 11.7. The summed E-state index contributed by atoms with van der Waals surface area (Å²) in [6.45, 7) is 0. The minimum atomic E-state index is 1.18. The first-order chi connectivity index (χ1) is 21.3. The van der Waals surface area contributed by atoms with Crippen LogP contribution in [0.2, 0.25) is 0 Å². The number of benzene rings is 9. The van der Waals surface area contributed by atoms with Crippen LogP contribution >= 0.6 is 0 Å². The fraction of sp³-hybridized carbons (Fsp3) is 0. The maximum Gasteiger partial charge on any atom is 0.0548 e. The van der Waals surface area contributed by atoms with Crippen molar-refractivity contribution >= 4 is 64.9 Å². The third-order valence-corrected chi connectivity index (χ3v) is 9.52. The van der Waals surface area contributed by atoms with Crippen LogP contribution in [-0.4, -0.2) is 4.57 Å². The molecular weight excluding hydrogens is 518 g/mol. The summed E-state index contributed by atoms with van der Waals surface area (Å²) in [6, 6.07) is 55.7. The van der Waals surface area contributed by atoms with Gasteiger partial charge in [-0.05, 0) is 84.2 Å². The first-order valence-corrected chi connectivity index (χ1v) is 15.0. The summed E-state index contributed by atoms with van der Waals surface area (Å²) in [5.74, 6) is 0. The molecule has 0 unspecified atom stereocenters. The summed E-state index contributed by atoms with van der Waals surface area (Å²) in [6.07, 6.45) is 0. The lowest BCUT2D eigenvalue weighted by Crippen LogP contribution is -1.93. The molecule has 0 aliphatic heterocycles. The van der Waals surface area contributed by atoms with E-state index in [2.05, 4.69) is 156 Å². The van der Waals surface area contributed by atoms with Crippen LogP contribution in [0.1, 0.15) is 0 Å². The first kappa shape index (κ1) is 23.0. The summed E-state index contributed by atoms with van der Waals surface area (Å²) < 4.78 is 2.46. The monoisotopic (exact) mass is 543 g/mol. The van der Waals surface area contributed by atoms with Gasteiger partial charge in [-0.15, -0.1) is 0 Å². The van der Waals surface area contributed by atoms with Crippen molar-refractivity contribution in [1.82, 2.24) is 4.57 Å². The minimum Gasteiger partial charge on any atom is -0.309 e. The topological polar surface area (TPSA) is 4.93 Å². The first-order valence-electron chi connectivity index (χ1n) is 15.0. The SMILES string of the molecule is c1ccc(-c2ccc(-c3ccc(-n4c5cccc6c7cccc8c9ccccc9c9ccc4c(c9c87)c65)cc3)cc2)cc1. The van der Waals surface area contributed by atoms with E-state index in [1.165, 1.54) is 92.8 Å². The van der Waals surface area contributed by atoms with E-state index in [1.807, 2.05) is 0 Å². The lowest BCUT2D eigenvalue weighted by atomic mass is 9.86. The van der Waals surface area contributed by atoms with Gasteiger partial charge in [0.15, 0.2) is 0 Å². The van der Waals surface area contributed by atoms with Gasteiger partial charge >= 0.3 is 0 Å². The van der Waals surface area contributed by atoms with Crippen LogP contribution in [-0.2, 0) is 0 Å². The summed E-state index contributed by atoms with van der Waals surface area (Å²) in [7, 11) is 0. The molecule has 0 atom stereocenters. The van der Waals surface area contributed by atoms with Crippen molar-refractivity contribution < 1.29 is 0 Å². The summed E-state index contributed by atoms with van der Waals surface area (Å²) in [5, 5.41) is 13.5. The van der Waals surface area contributed by atoms with Gasteiger partial charge < -0.3 is 4.57 Å². The Morgan fingerprint density at radius 2 is 0.721 bits per heavy atom. The Hall–Kier alpha value is -5.66. The Kier molecular flexibility index (Phi) is 4.51. The van der Waals surface area contributed by atoms with Gasteiger partial charge in [-0.2, -0.15) is 0 Å². The molecule has 0 N–H and O–H groups in total. The Bertz CT molecular complexity index is 2620. The van der Waals surface area contributed by atoms with E-state index < -0.39 is 0 Å². The van der Waals surface area contributed by atoms with Crippen LogP contribution in [0.3, 0.4) is 0 Å². The van der Waals surface area contributed by atoms with E-state index >= 15 is 0 Å². The van der Waals surface area contributed by atoms with Crippen molar-refractivity contribution in [2.75, 3.05) is 0 Å². The van der Waals surface area contributed by atoms with E-state index in [0.717, 1.165) is 0 Å². The van der Waals surface area contributed by atoms with E-state index in [0.29, 0.717) is 0 Å². The van der Waals surface area contributed by atoms with Gasteiger partial charge in [-0.1, -0.05) is 127 Å². The van der Waals surface area contributed by atoms with Gasteiger partial charge in [0.1, 0.15) is 0 Å². The molecule has 1 heteroatoms. The fourth-order valence-corrected chi connectivity index (χ4v) is 7.65. The molecule has 0 aliphatic carbocycles. The van der Waals surface area contributed by atoms with Crippen LogP contribution in [0.4, 0.5) is 0 Å². The molecule has 1 nitrogen and oxygen atoms in total. The molecule has 1 heterocycles. The Morgan fingerprint density at radius 3 is 1.40 bits per heavy atom. The summed E-state index contributed by atoms with van der Waals surface area (Å²) in [5.41, 5.74) is 8.64. The predicted molar refractivity (Wildman–Crippen MR) is 184 cm³/mol. The molecule has 198 valence electrons. The summed E-state index contributed by atoms with van der Waals surface area (Å²) >= 11 is 0. The Labute approximate surface area is 248 Å². The number of aromatic nitrogens is 1. The van der Waals surface area contributed by atoms with Crippen LogP contribution in [0.5, 0.6) is 0 Å². The molecule has 0 aliphatic rings. The molecular formula is C42H25N. The van der Waals surface area contributed by atoms with E-state index in [1.54, 1.807) is 0 Å². The molecule has 10 rings (SSSR count). The zero-order valence-corrected chi connectivity index (χ0v) is 23.4. The van der Waals surface area contributed by atoms with Crippen LogP contribution in [0.25, 0.3) is 92.8 Å². The van der Waals surface area contributed by atoms with Gasteiger partial charge in [0, 0.05) is 21.8 Å². The van der Waals surface area contributed by atoms with Crippen molar-refractivity contribution in [3.05, 3.63) is 152 Å². The van der Waals surface area contributed by atoms with Crippen LogP contribution < -0.4 is 0 Å². The maximum atomic E-state index is 2.46. The molecule has 0 spiro atoms. The van der Waals surface area contributed by atoms with Crippen molar-refractivity contribution in [1.29, 1.82) is 0 Å². The lowest BCUT2D eigenvalue weighted by molar-refractivity contribution is 1.18. The van der Waals surface area contributed by atoms with E-state index in [4.69, 9.17) is 0 Å². The molecule has 0 fully saturated rings. The van der Waals surface area contributed by atoms with Gasteiger partial charge in [-0.25, -0.2) is 0 Å². The average molecular weight is 544 g/mol. The Morgan fingerprint density at radius 1 is 0.256 bits per heavy atom. The van der Waals surface area contributed by atoms with E-state index in [9.17, 15) is 0 Å². The molecule has 1 aromatic heterocycles. The van der Waals surface area contributed by atoms with Crippen molar-refractivity contribution in [2.24, 2.45) is 0 Å². The van der Waals surface area contributed by atoms with Gasteiger partial charge in [-0.3, -0.25) is 0 Å². The standard InChI is InChI=1S/C42H25N/c1-2-8-26(9-3-1)27-16-18-28(19-17-27)29-20-22-30(23-21-29)43-37-15-7-14-35-34-13-6-12-33-31-10-4-5-11-32(31)36-24-25-38(43)42(40(35)37)41(36)39(33)34/h1-25H. The third-order valence-electron chi connectivity index (χ3n) is 9.52. The molecule has 0 saturated heterocycles. The Balaban J connectivity index is 1.20. The third kappa shape index (κ3) is 3.06. The molecule has 10 aromatic rings. The number of hydrogen-bond donors (Lipinski definition) is 0. The van der Waals surface area contributed by atoms with Gasteiger partial charge in [0.05, 0.1) is 11.0 Å². The highest BCUT2D eigenvalue weighted by atomic mass is 15.0. The maximum absolute atomic E-state index is 2.46. The zero-order chi connectivity index (χ0) is 28.1. The number of fused-ring (bicyclic) bond motifs is 4. The minimum absolute atomic E-state index is 1.18. The average Bonchev–Trinajstić information content (AvgIpc) is 3.43. The highest BCUT2D eigenvalue weighted by Gasteiger charge is 2.23. The fourth-order valence-electron chi connectivity index (χ4n) is 7.65. The quantitative estimate of drug-likeness (QED) is 0.154. The smallest absolute Gasteiger partial charge is 0.0548 e. The largest absolute Gasteiger partial charge is 0.309 e. The normalized spacial score (nSPS) is 12.2. The van der Waals surface area contributed by atoms with Crippen molar-refractivity contribution in [3.8, 4) is 27.9 Å². The number of rotatable bonds is 3. The number of nitrogens with zero attached hydrogens (tertiary/aromatic N) is 1. The molecule has 0 radical (unpaired) electrons. The zero-order valence-electron chi connectivity index (χ0n) is 23.4. The number of hydrogen-bond acceptors (Lipinski definition) is 0. The lowest BCUT2D eigenvalue weighted by Gasteiger charge is -2.16. The second-order valence-corrected chi connectivity index (χ2v) is 11.7. The molecule has 0 bridgehead atoms. The molecule has 43 heavy (non-hydrogen) atoms. The van der Waals surface area contributed by atoms with Crippen molar-refractivity contribution in [3.63, 3.8) is 0 Å².